The Morgan fingerprint density at radius 3 is 2.36 bits per heavy atom. The van der Waals surface area contributed by atoms with Crippen molar-refractivity contribution >= 4 is 17.4 Å². The monoisotopic (exact) mass is 339 g/mol. The van der Waals surface area contributed by atoms with Gasteiger partial charge in [-0.2, -0.15) is 5.26 Å². The normalized spacial score (nSPS) is 10.3. The summed E-state index contributed by atoms with van der Waals surface area (Å²) in [6.07, 6.45) is 1.47. The number of carbonyl (C=O) groups is 1. The molecule has 3 rings (SSSR count). The van der Waals surface area contributed by atoms with Gasteiger partial charge in [0.05, 0.1) is 11.9 Å². The molecule has 0 saturated heterocycles. The summed E-state index contributed by atoms with van der Waals surface area (Å²) in [5.41, 5.74) is 6.13. The Morgan fingerprint density at radius 2 is 1.80 bits per heavy atom. The molecule has 3 N–H and O–H groups in total. The fourth-order valence-electron chi connectivity index (χ4n) is 2.21. The summed E-state index contributed by atoms with van der Waals surface area (Å²) in [6.45, 7) is 0. The third-order valence-electron chi connectivity index (χ3n) is 3.44. The summed E-state index contributed by atoms with van der Waals surface area (Å²) in [5.74, 6) is -2.66. The highest BCUT2D eigenvalue weighted by atomic mass is 19.1. The fourth-order valence-corrected chi connectivity index (χ4v) is 2.21. The maximum atomic E-state index is 13.6. The van der Waals surface area contributed by atoms with Crippen LogP contribution >= 0.6 is 0 Å². The summed E-state index contributed by atoms with van der Waals surface area (Å²) in [6, 6.07) is 11.4. The fraction of sp³-hybridized carbons (Fsp3) is 0. The lowest BCUT2D eigenvalue weighted by molar-refractivity contribution is 0.101. The number of carbonyl (C=O) groups excluding carboxylic acids is 1. The number of nitrogens with one attached hydrogen (secondary N) is 1. The van der Waals surface area contributed by atoms with E-state index >= 15 is 0 Å². The number of halogens is 2. The van der Waals surface area contributed by atoms with Crippen molar-refractivity contribution < 1.29 is 13.6 Å². The van der Waals surface area contributed by atoms with Crippen molar-refractivity contribution in [3.8, 4) is 11.8 Å². The first-order valence-electron chi connectivity index (χ1n) is 7.10. The van der Waals surface area contributed by atoms with Gasteiger partial charge in [-0.25, -0.2) is 13.5 Å². The average Bonchev–Trinajstić information content (AvgIpc) is 2.96. The Balaban J connectivity index is 1.81. The van der Waals surface area contributed by atoms with Crippen molar-refractivity contribution in [1.29, 1.82) is 5.26 Å². The summed E-state index contributed by atoms with van der Waals surface area (Å²) in [4.78, 5) is 12.0. The van der Waals surface area contributed by atoms with Gasteiger partial charge in [0.2, 0.25) is 0 Å². The molecule has 25 heavy (non-hydrogen) atoms. The number of aromatic nitrogens is 2. The van der Waals surface area contributed by atoms with Crippen LogP contribution in [0, 0.1) is 23.0 Å². The number of amides is 1. The highest BCUT2D eigenvalue weighted by Crippen LogP contribution is 2.18. The quantitative estimate of drug-likeness (QED) is 0.767. The second-order valence-electron chi connectivity index (χ2n) is 5.08. The lowest BCUT2D eigenvalue weighted by atomic mass is 10.1. The minimum Gasteiger partial charge on any atom is -0.381 e. The number of anilines is 2. The zero-order valence-electron chi connectivity index (χ0n) is 12.7. The van der Waals surface area contributed by atoms with Crippen LogP contribution in [0.1, 0.15) is 15.9 Å². The number of nitrogens with zero attached hydrogens (tertiary/aromatic N) is 3. The number of nitrogens with two attached hydrogens (primary N) is 1. The van der Waals surface area contributed by atoms with E-state index in [-0.39, 0.29) is 11.4 Å². The molecular weight excluding hydrogens is 328 g/mol. The van der Waals surface area contributed by atoms with Crippen LogP contribution in [-0.2, 0) is 0 Å². The van der Waals surface area contributed by atoms with E-state index in [1.807, 2.05) is 6.07 Å². The van der Waals surface area contributed by atoms with E-state index in [1.165, 1.54) is 29.1 Å². The minimum atomic E-state index is -0.940. The Labute approximate surface area is 141 Å². The van der Waals surface area contributed by atoms with Crippen LogP contribution in [-0.4, -0.2) is 15.7 Å². The molecule has 0 radical (unpaired) electrons. The van der Waals surface area contributed by atoms with E-state index in [1.54, 1.807) is 12.1 Å². The van der Waals surface area contributed by atoms with Crippen LogP contribution in [0.15, 0.2) is 48.7 Å². The summed E-state index contributed by atoms with van der Waals surface area (Å²) >= 11 is 0. The van der Waals surface area contributed by atoms with Crippen LogP contribution in [0.5, 0.6) is 0 Å². The summed E-state index contributed by atoms with van der Waals surface area (Å²) < 4.78 is 28.6. The zero-order valence-corrected chi connectivity index (χ0v) is 12.7. The van der Waals surface area contributed by atoms with Gasteiger partial charge in [0.15, 0.2) is 5.82 Å². The molecule has 0 atom stereocenters. The average molecular weight is 339 g/mol. The molecule has 2 aromatic carbocycles. The summed E-state index contributed by atoms with van der Waals surface area (Å²) in [5, 5.41) is 15.3. The van der Waals surface area contributed by atoms with Gasteiger partial charge < -0.3 is 11.1 Å². The maximum absolute atomic E-state index is 13.6. The predicted molar refractivity (Wildman–Crippen MR) is 87.0 cm³/mol. The first-order valence-corrected chi connectivity index (χ1v) is 7.10. The Kier molecular flexibility index (Phi) is 4.14. The van der Waals surface area contributed by atoms with Crippen LogP contribution in [0.3, 0.4) is 0 Å². The lowest BCUT2D eigenvalue weighted by Gasteiger charge is -2.08. The SMILES string of the molecule is N#Cc1cn(-c2ccc(NC(=O)c3c(F)cccc3F)cc2)nc1N. The van der Waals surface area contributed by atoms with Gasteiger partial charge in [-0.1, -0.05) is 6.07 Å². The Bertz CT molecular complexity index is 969. The second-order valence-corrected chi connectivity index (χ2v) is 5.08. The van der Waals surface area contributed by atoms with Crippen LogP contribution in [0.25, 0.3) is 5.69 Å². The molecule has 1 amide bonds. The van der Waals surface area contributed by atoms with E-state index in [0.717, 1.165) is 12.1 Å². The first-order chi connectivity index (χ1) is 12.0. The minimum absolute atomic E-state index is 0.106. The molecule has 0 saturated carbocycles. The van der Waals surface area contributed by atoms with Crippen LogP contribution in [0.4, 0.5) is 20.3 Å². The van der Waals surface area contributed by atoms with Gasteiger partial charge in [-0.05, 0) is 36.4 Å². The third kappa shape index (κ3) is 3.16. The van der Waals surface area contributed by atoms with E-state index in [0.29, 0.717) is 11.4 Å². The van der Waals surface area contributed by atoms with E-state index < -0.39 is 23.1 Å². The molecule has 124 valence electrons. The smallest absolute Gasteiger partial charge is 0.261 e. The Morgan fingerprint density at radius 1 is 1.16 bits per heavy atom. The molecule has 0 fully saturated rings. The first kappa shape index (κ1) is 16.1. The topological polar surface area (TPSA) is 96.7 Å². The molecule has 0 unspecified atom stereocenters. The van der Waals surface area contributed by atoms with E-state index in [2.05, 4.69) is 10.4 Å². The van der Waals surface area contributed by atoms with Crippen molar-refractivity contribution in [2.45, 2.75) is 0 Å². The van der Waals surface area contributed by atoms with E-state index in [9.17, 15) is 13.6 Å². The number of nitriles is 1. The van der Waals surface area contributed by atoms with Crippen molar-refractivity contribution in [2.24, 2.45) is 0 Å². The molecule has 1 heterocycles. The Hall–Kier alpha value is -3.73. The molecule has 0 spiro atoms. The molecule has 8 heteroatoms. The number of hydrogen-bond donors (Lipinski definition) is 2. The van der Waals surface area contributed by atoms with Crippen molar-refractivity contribution in [2.75, 3.05) is 11.1 Å². The number of hydrogen-bond acceptors (Lipinski definition) is 4. The maximum Gasteiger partial charge on any atom is 0.261 e. The highest BCUT2D eigenvalue weighted by Gasteiger charge is 2.17. The zero-order chi connectivity index (χ0) is 18.0. The number of nitrogen functional groups attached to an aromatic ring is 1. The molecule has 0 bridgehead atoms. The third-order valence-corrected chi connectivity index (χ3v) is 3.44. The van der Waals surface area contributed by atoms with Gasteiger partial charge >= 0.3 is 0 Å². The summed E-state index contributed by atoms with van der Waals surface area (Å²) in [7, 11) is 0. The van der Waals surface area contributed by atoms with Gasteiger partial charge in [0.1, 0.15) is 28.8 Å². The van der Waals surface area contributed by atoms with Crippen molar-refractivity contribution in [3.05, 3.63) is 71.4 Å². The number of rotatable bonds is 3. The van der Waals surface area contributed by atoms with Crippen LogP contribution in [0.2, 0.25) is 0 Å². The van der Waals surface area contributed by atoms with Gasteiger partial charge in [-0.3, -0.25) is 4.79 Å². The van der Waals surface area contributed by atoms with Crippen molar-refractivity contribution in [1.82, 2.24) is 9.78 Å². The molecule has 1 aromatic heterocycles. The second kappa shape index (κ2) is 6.41. The molecule has 0 aliphatic carbocycles. The van der Waals surface area contributed by atoms with Gasteiger partial charge in [-0.15, -0.1) is 5.10 Å². The largest absolute Gasteiger partial charge is 0.381 e. The number of benzene rings is 2. The molecule has 0 aliphatic rings. The lowest BCUT2D eigenvalue weighted by Crippen LogP contribution is -2.15. The molecule has 0 aliphatic heterocycles. The van der Waals surface area contributed by atoms with Crippen LogP contribution < -0.4 is 11.1 Å². The van der Waals surface area contributed by atoms with Gasteiger partial charge in [0.25, 0.3) is 5.91 Å². The molecule has 3 aromatic rings. The highest BCUT2D eigenvalue weighted by molar-refractivity contribution is 6.04. The standard InChI is InChI=1S/C17H11F2N5O/c18-13-2-1-3-14(19)15(13)17(25)22-11-4-6-12(7-5-11)24-9-10(8-20)16(21)23-24/h1-7,9H,(H2,21,23)(H,22,25). The van der Waals surface area contributed by atoms with Crippen molar-refractivity contribution in [3.63, 3.8) is 0 Å². The predicted octanol–water partition coefficient (Wildman–Crippen LogP) is 2.86. The molecular formula is C17H11F2N5O. The molecule has 6 nitrogen and oxygen atoms in total. The van der Waals surface area contributed by atoms with Gasteiger partial charge in [0, 0.05) is 5.69 Å². The van der Waals surface area contributed by atoms with E-state index in [4.69, 9.17) is 11.0 Å².